The molecule has 7 nitrogen and oxygen atoms in total. The molecule has 3 aromatic heterocycles. The zero-order valence-electron chi connectivity index (χ0n) is 16.9. The van der Waals surface area contributed by atoms with Crippen LogP contribution in [0, 0.1) is 5.41 Å². The number of hydrogen-bond donors (Lipinski definition) is 0. The van der Waals surface area contributed by atoms with Crippen LogP contribution in [-0.4, -0.2) is 57.3 Å². The number of anilines is 2. The highest BCUT2D eigenvalue weighted by Gasteiger charge is 2.46. The first-order valence-corrected chi connectivity index (χ1v) is 10.2. The van der Waals surface area contributed by atoms with Gasteiger partial charge in [0.05, 0.1) is 29.8 Å². The predicted octanol–water partition coefficient (Wildman–Crippen LogP) is 3.61. The van der Waals surface area contributed by atoms with Crippen molar-refractivity contribution in [2.24, 2.45) is 5.41 Å². The Morgan fingerprint density at radius 3 is 2.56 bits per heavy atom. The molecule has 1 spiro atoms. The molecule has 2 fully saturated rings. The molecule has 2 aliphatic heterocycles. The summed E-state index contributed by atoms with van der Waals surface area (Å²) < 4.78 is 65.8. The number of rotatable bonds is 4. The van der Waals surface area contributed by atoms with E-state index in [1.807, 2.05) is 4.90 Å². The first-order valence-electron chi connectivity index (χ1n) is 10.2. The third-order valence-electron chi connectivity index (χ3n) is 6.10. The lowest BCUT2D eigenvalue weighted by Crippen LogP contribution is -2.63. The minimum absolute atomic E-state index is 0.0770. The van der Waals surface area contributed by atoms with Crippen LogP contribution in [0.3, 0.4) is 0 Å². The van der Waals surface area contributed by atoms with E-state index in [0.29, 0.717) is 42.3 Å². The Labute approximate surface area is 179 Å². The van der Waals surface area contributed by atoms with Gasteiger partial charge in [0.15, 0.2) is 5.65 Å². The Hall–Kier alpha value is -3.05. The third-order valence-corrected chi connectivity index (χ3v) is 6.10. The average Bonchev–Trinajstić information content (AvgIpc) is 3.13. The van der Waals surface area contributed by atoms with Crippen molar-refractivity contribution in [1.82, 2.24) is 24.7 Å². The highest BCUT2D eigenvalue weighted by Crippen LogP contribution is 2.43. The van der Waals surface area contributed by atoms with Crippen molar-refractivity contribution in [1.29, 1.82) is 0 Å². The lowest BCUT2D eigenvalue weighted by Gasteiger charge is -2.55. The van der Waals surface area contributed by atoms with Crippen molar-refractivity contribution in [2.75, 3.05) is 36.0 Å². The molecule has 170 valence electrons. The van der Waals surface area contributed by atoms with Gasteiger partial charge in [0, 0.05) is 37.8 Å². The molecule has 0 N–H and O–H groups in total. The van der Waals surface area contributed by atoms with E-state index in [4.69, 9.17) is 0 Å². The van der Waals surface area contributed by atoms with Crippen molar-refractivity contribution in [2.45, 2.75) is 32.0 Å². The molecule has 2 aliphatic rings. The molecular weight excluding hydrogens is 433 g/mol. The topological polar surface area (TPSA) is 63.0 Å². The van der Waals surface area contributed by atoms with E-state index >= 15 is 0 Å². The van der Waals surface area contributed by atoms with Crippen molar-refractivity contribution in [3.05, 3.63) is 36.4 Å². The fraction of sp³-hybridized carbons (Fsp3) is 0.500. The molecule has 0 atom stereocenters. The number of piperidine rings is 1. The van der Waals surface area contributed by atoms with E-state index in [-0.39, 0.29) is 5.41 Å². The van der Waals surface area contributed by atoms with Crippen LogP contribution in [-0.2, 0) is 12.7 Å². The molecule has 0 aliphatic carbocycles. The summed E-state index contributed by atoms with van der Waals surface area (Å²) in [6.07, 6.45) is 0.175. The predicted molar refractivity (Wildman–Crippen MR) is 107 cm³/mol. The van der Waals surface area contributed by atoms with Gasteiger partial charge in [0.25, 0.3) is 6.43 Å². The molecule has 5 rings (SSSR count). The van der Waals surface area contributed by atoms with Crippen molar-refractivity contribution in [3.63, 3.8) is 0 Å². The Morgan fingerprint density at radius 2 is 1.81 bits per heavy atom. The van der Waals surface area contributed by atoms with Crippen LogP contribution in [0.5, 0.6) is 0 Å². The van der Waals surface area contributed by atoms with E-state index in [1.54, 1.807) is 6.20 Å². The Bertz CT molecular complexity index is 1120. The molecule has 0 bridgehead atoms. The fourth-order valence-corrected chi connectivity index (χ4v) is 4.62. The van der Waals surface area contributed by atoms with Gasteiger partial charge in [-0.25, -0.2) is 23.4 Å². The van der Waals surface area contributed by atoms with E-state index in [9.17, 15) is 22.0 Å². The fourth-order valence-electron chi connectivity index (χ4n) is 4.62. The van der Waals surface area contributed by atoms with E-state index in [1.165, 1.54) is 12.4 Å². The quantitative estimate of drug-likeness (QED) is 0.563. The van der Waals surface area contributed by atoms with E-state index in [2.05, 4.69) is 25.0 Å². The largest absolute Gasteiger partial charge is 0.417 e. The van der Waals surface area contributed by atoms with Gasteiger partial charge >= 0.3 is 6.18 Å². The third kappa shape index (κ3) is 3.82. The van der Waals surface area contributed by atoms with Crippen LogP contribution in [0.4, 0.5) is 33.5 Å². The maximum absolute atomic E-state index is 13.0. The number of alkyl halides is 5. The van der Waals surface area contributed by atoms with Crippen molar-refractivity contribution in [3.8, 4) is 0 Å². The monoisotopic (exact) mass is 453 g/mol. The summed E-state index contributed by atoms with van der Waals surface area (Å²) in [5.41, 5.74) is 0.386. The zero-order valence-corrected chi connectivity index (χ0v) is 16.9. The summed E-state index contributed by atoms with van der Waals surface area (Å²) >= 11 is 0. The van der Waals surface area contributed by atoms with E-state index in [0.717, 1.165) is 36.3 Å². The van der Waals surface area contributed by atoms with Crippen LogP contribution >= 0.6 is 0 Å². The minimum atomic E-state index is -4.43. The smallest absolute Gasteiger partial charge is 0.369 e. The summed E-state index contributed by atoms with van der Waals surface area (Å²) in [6, 6.07) is 1.13. The van der Waals surface area contributed by atoms with E-state index < -0.39 is 24.7 Å². The molecule has 0 aromatic carbocycles. The first-order chi connectivity index (χ1) is 15.2. The molecule has 2 saturated heterocycles. The molecule has 32 heavy (non-hydrogen) atoms. The summed E-state index contributed by atoms with van der Waals surface area (Å²) in [5, 5.41) is 3.95. The van der Waals surface area contributed by atoms with Crippen LogP contribution in [0.1, 0.15) is 18.4 Å². The van der Waals surface area contributed by atoms with Gasteiger partial charge in [-0.05, 0) is 18.9 Å². The Morgan fingerprint density at radius 1 is 1.03 bits per heavy atom. The van der Waals surface area contributed by atoms with Gasteiger partial charge in [0.1, 0.15) is 17.9 Å². The molecule has 12 heteroatoms. The maximum atomic E-state index is 13.0. The highest BCUT2D eigenvalue weighted by atomic mass is 19.4. The van der Waals surface area contributed by atoms with Gasteiger partial charge in [-0.15, -0.1) is 0 Å². The number of halogens is 5. The number of nitrogens with zero attached hydrogens (tertiary/aromatic N) is 7. The first kappa shape index (κ1) is 20.8. The number of fused-ring (bicyclic) bond motifs is 1. The second-order valence-corrected chi connectivity index (χ2v) is 8.47. The Balaban J connectivity index is 1.32. The molecule has 0 amide bonds. The van der Waals surface area contributed by atoms with Gasteiger partial charge in [0.2, 0.25) is 0 Å². The minimum Gasteiger partial charge on any atom is -0.369 e. The van der Waals surface area contributed by atoms with Gasteiger partial charge in [-0.1, -0.05) is 0 Å². The molecular formula is C20H20F5N7. The average molecular weight is 453 g/mol. The summed E-state index contributed by atoms with van der Waals surface area (Å²) in [7, 11) is 0. The molecule has 0 radical (unpaired) electrons. The second-order valence-electron chi connectivity index (χ2n) is 8.47. The molecule has 3 aromatic rings. The zero-order chi connectivity index (χ0) is 22.5. The lowest BCUT2D eigenvalue weighted by atomic mass is 9.73. The summed E-state index contributed by atoms with van der Waals surface area (Å²) in [6.45, 7) is 2.09. The number of hydrogen-bond acceptors (Lipinski definition) is 6. The Kier molecular flexibility index (Phi) is 4.90. The number of aromatic nitrogens is 5. The van der Waals surface area contributed by atoms with Gasteiger partial charge in [-0.2, -0.15) is 18.3 Å². The maximum Gasteiger partial charge on any atom is 0.417 e. The standard InChI is InChI=1S/C20H20F5N7/c21-16(22)9-32-18-15(7-28-32)27-8-17(29-18)30-3-1-2-19(10-30)11-31(12-19)14-4-13(5-26-6-14)20(23,24)25/h4-8,16H,1-3,9-12H2. The van der Waals surface area contributed by atoms with Crippen LogP contribution in [0.15, 0.2) is 30.9 Å². The second kappa shape index (κ2) is 7.52. The molecule has 5 heterocycles. The van der Waals surface area contributed by atoms with Gasteiger partial charge in [-0.3, -0.25) is 4.98 Å². The highest BCUT2D eigenvalue weighted by molar-refractivity contribution is 5.71. The summed E-state index contributed by atoms with van der Waals surface area (Å²) in [4.78, 5) is 16.6. The lowest BCUT2D eigenvalue weighted by molar-refractivity contribution is -0.137. The normalized spacial score (nSPS) is 18.6. The molecule has 0 saturated carbocycles. The van der Waals surface area contributed by atoms with Gasteiger partial charge < -0.3 is 9.80 Å². The van der Waals surface area contributed by atoms with Crippen LogP contribution in [0.25, 0.3) is 11.2 Å². The summed E-state index contributed by atoms with van der Waals surface area (Å²) in [5.74, 6) is 0.590. The van der Waals surface area contributed by atoms with Crippen LogP contribution < -0.4 is 9.80 Å². The van der Waals surface area contributed by atoms with Crippen molar-refractivity contribution >= 4 is 22.7 Å². The van der Waals surface area contributed by atoms with Crippen molar-refractivity contribution < 1.29 is 22.0 Å². The SMILES string of the molecule is FC(F)Cn1ncc2ncc(N3CCCC4(CN(c5cncc(C(F)(F)F)c5)C4)C3)nc21. The molecule has 0 unspecified atom stereocenters. The van der Waals surface area contributed by atoms with Crippen LogP contribution in [0.2, 0.25) is 0 Å². The number of pyridine rings is 1.